The van der Waals surface area contributed by atoms with Crippen LogP contribution in [0.2, 0.25) is 0 Å². The van der Waals surface area contributed by atoms with Gasteiger partial charge in [-0.2, -0.15) is 0 Å². The van der Waals surface area contributed by atoms with Crippen molar-refractivity contribution in [3.63, 3.8) is 0 Å². The fourth-order valence-corrected chi connectivity index (χ4v) is 1.28. The second-order valence-corrected chi connectivity index (χ2v) is 5.59. The van der Waals surface area contributed by atoms with Crippen LogP contribution in [0, 0.1) is 0 Å². The third-order valence-corrected chi connectivity index (χ3v) is 2.19. The van der Waals surface area contributed by atoms with Crippen molar-refractivity contribution in [2.45, 2.75) is 46.1 Å². The molecule has 0 aromatic carbocycles. The number of amides is 2. The average molecular weight is 302 g/mol. The van der Waals surface area contributed by atoms with Crippen molar-refractivity contribution in [1.82, 2.24) is 10.6 Å². The summed E-state index contributed by atoms with van der Waals surface area (Å²) in [5.41, 5.74) is -0.519. The molecule has 7 nitrogen and oxygen atoms in total. The second kappa shape index (κ2) is 10.1. The minimum Gasteiger partial charge on any atom is -0.444 e. The summed E-state index contributed by atoms with van der Waals surface area (Å²) < 4.78 is 10.3. The first-order chi connectivity index (χ1) is 9.70. The fourth-order valence-electron chi connectivity index (χ4n) is 1.28. The summed E-state index contributed by atoms with van der Waals surface area (Å²) in [6, 6.07) is 0. The number of carbonyl (C=O) groups excluding carboxylic acids is 3. The molecule has 0 aliphatic heterocycles. The smallest absolute Gasteiger partial charge is 0.407 e. The molecule has 0 fully saturated rings. The molecular weight excluding hydrogens is 276 g/mol. The van der Waals surface area contributed by atoms with Crippen LogP contribution in [-0.2, 0) is 19.1 Å². The van der Waals surface area contributed by atoms with Crippen molar-refractivity contribution in [2.24, 2.45) is 0 Å². The van der Waals surface area contributed by atoms with Gasteiger partial charge in [-0.25, -0.2) is 4.79 Å². The topological polar surface area (TPSA) is 93.7 Å². The van der Waals surface area contributed by atoms with E-state index in [4.69, 9.17) is 9.47 Å². The Kier molecular flexibility index (Phi) is 9.36. The highest BCUT2D eigenvalue weighted by Gasteiger charge is 2.15. The summed E-state index contributed by atoms with van der Waals surface area (Å²) in [7, 11) is 0. The van der Waals surface area contributed by atoms with Gasteiger partial charge in [-0.15, -0.1) is 0 Å². The Balaban J connectivity index is 3.42. The van der Waals surface area contributed by atoms with E-state index < -0.39 is 11.7 Å². The molecule has 0 aromatic rings. The third-order valence-electron chi connectivity index (χ3n) is 2.19. The fraction of sp³-hybridized carbons (Fsp3) is 0.786. The summed E-state index contributed by atoms with van der Waals surface area (Å²) >= 11 is 0. The van der Waals surface area contributed by atoms with Crippen molar-refractivity contribution in [3.05, 3.63) is 0 Å². The second-order valence-electron chi connectivity index (χ2n) is 5.59. The standard InChI is InChI=1S/C14H26N2O5/c1-11(17)5-6-12(18)15-7-9-20-10-8-16-13(19)21-14(2,3)4/h5-10H2,1-4H3,(H,15,18)(H,16,19). The Morgan fingerprint density at radius 2 is 1.52 bits per heavy atom. The van der Waals surface area contributed by atoms with Crippen LogP contribution in [0.1, 0.15) is 40.5 Å². The van der Waals surface area contributed by atoms with Gasteiger partial charge in [-0.1, -0.05) is 0 Å². The lowest BCUT2D eigenvalue weighted by Crippen LogP contribution is -2.34. The lowest BCUT2D eigenvalue weighted by atomic mass is 10.2. The Labute approximate surface area is 125 Å². The highest BCUT2D eigenvalue weighted by molar-refractivity contribution is 5.83. The number of hydrogen-bond acceptors (Lipinski definition) is 5. The molecule has 0 saturated heterocycles. The van der Waals surface area contributed by atoms with Crippen molar-refractivity contribution in [2.75, 3.05) is 26.3 Å². The Hall–Kier alpha value is -1.63. The first-order valence-electron chi connectivity index (χ1n) is 7.01. The highest BCUT2D eigenvalue weighted by atomic mass is 16.6. The molecule has 0 saturated carbocycles. The van der Waals surface area contributed by atoms with E-state index in [1.54, 1.807) is 20.8 Å². The van der Waals surface area contributed by atoms with Crippen LogP contribution < -0.4 is 10.6 Å². The largest absolute Gasteiger partial charge is 0.444 e. The zero-order valence-electron chi connectivity index (χ0n) is 13.3. The van der Waals surface area contributed by atoms with Gasteiger partial charge in [-0.05, 0) is 27.7 Å². The van der Waals surface area contributed by atoms with E-state index in [-0.39, 0.29) is 24.5 Å². The van der Waals surface area contributed by atoms with Gasteiger partial charge in [0.2, 0.25) is 5.91 Å². The van der Waals surface area contributed by atoms with E-state index >= 15 is 0 Å². The van der Waals surface area contributed by atoms with Gasteiger partial charge in [0, 0.05) is 25.9 Å². The van der Waals surface area contributed by atoms with Gasteiger partial charge >= 0.3 is 6.09 Å². The number of nitrogens with one attached hydrogen (secondary N) is 2. The molecule has 0 aliphatic rings. The van der Waals surface area contributed by atoms with E-state index in [2.05, 4.69) is 10.6 Å². The molecule has 0 bridgehead atoms. The average Bonchev–Trinajstić information content (AvgIpc) is 2.33. The summed E-state index contributed by atoms with van der Waals surface area (Å²) in [5.74, 6) is -0.171. The maximum absolute atomic E-state index is 11.3. The van der Waals surface area contributed by atoms with Gasteiger partial charge in [-0.3, -0.25) is 4.79 Å². The third kappa shape index (κ3) is 14.6. The van der Waals surface area contributed by atoms with E-state index in [1.165, 1.54) is 6.92 Å². The summed E-state index contributed by atoms with van der Waals surface area (Å²) in [5, 5.41) is 5.20. The first-order valence-corrected chi connectivity index (χ1v) is 7.01. The number of ether oxygens (including phenoxy) is 2. The molecule has 0 radical (unpaired) electrons. The molecule has 0 atom stereocenters. The molecule has 7 heteroatoms. The highest BCUT2D eigenvalue weighted by Crippen LogP contribution is 2.05. The molecular formula is C14H26N2O5. The minimum atomic E-state index is -0.519. The summed E-state index contributed by atoms with van der Waals surface area (Å²) in [6.07, 6.45) is -0.0224. The van der Waals surface area contributed by atoms with Crippen LogP contribution in [0.3, 0.4) is 0 Å². The lowest BCUT2D eigenvalue weighted by Gasteiger charge is -2.19. The van der Waals surface area contributed by atoms with Crippen LogP contribution in [0.5, 0.6) is 0 Å². The van der Waals surface area contributed by atoms with Crippen molar-refractivity contribution in [3.8, 4) is 0 Å². The van der Waals surface area contributed by atoms with Crippen molar-refractivity contribution < 1.29 is 23.9 Å². The van der Waals surface area contributed by atoms with Crippen molar-refractivity contribution >= 4 is 17.8 Å². The number of rotatable bonds is 9. The SMILES string of the molecule is CC(=O)CCC(=O)NCCOCCNC(=O)OC(C)(C)C. The zero-order valence-corrected chi connectivity index (χ0v) is 13.3. The maximum Gasteiger partial charge on any atom is 0.407 e. The van der Waals surface area contributed by atoms with Crippen LogP contribution >= 0.6 is 0 Å². The van der Waals surface area contributed by atoms with E-state index in [9.17, 15) is 14.4 Å². The first kappa shape index (κ1) is 19.4. The Morgan fingerprint density at radius 1 is 0.952 bits per heavy atom. The zero-order chi connectivity index (χ0) is 16.3. The molecule has 2 N–H and O–H groups in total. The quantitative estimate of drug-likeness (QED) is 0.620. The molecule has 0 rings (SSSR count). The predicted octanol–water partition coefficient (Wildman–Crippen LogP) is 1.01. The normalized spacial score (nSPS) is 10.9. The predicted molar refractivity (Wildman–Crippen MR) is 78.0 cm³/mol. The van der Waals surface area contributed by atoms with Crippen LogP contribution in [0.15, 0.2) is 0 Å². The lowest BCUT2D eigenvalue weighted by molar-refractivity contribution is -0.124. The van der Waals surface area contributed by atoms with Crippen molar-refractivity contribution in [1.29, 1.82) is 0 Å². The van der Waals surface area contributed by atoms with E-state index in [0.29, 0.717) is 26.3 Å². The Morgan fingerprint density at radius 3 is 2.05 bits per heavy atom. The van der Waals surface area contributed by atoms with Crippen LogP contribution in [-0.4, -0.2) is 49.7 Å². The maximum atomic E-state index is 11.3. The number of alkyl carbamates (subject to hydrolysis) is 1. The van der Waals surface area contributed by atoms with Gasteiger partial charge in [0.1, 0.15) is 11.4 Å². The molecule has 21 heavy (non-hydrogen) atoms. The molecule has 0 spiro atoms. The number of hydrogen-bond donors (Lipinski definition) is 2. The molecule has 122 valence electrons. The molecule has 0 aliphatic carbocycles. The van der Waals surface area contributed by atoms with Gasteiger partial charge in [0.25, 0.3) is 0 Å². The summed E-state index contributed by atoms with van der Waals surface area (Å²) in [6.45, 7) is 8.22. The van der Waals surface area contributed by atoms with Gasteiger partial charge in [0.15, 0.2) is 0 Å². The summed E-state index contributed by atoms with van der Waals surface area (Å²) in [4.78, 5) is 33.2. The molecule has 0 heterocycles. The van der Waals surface area contributed by atoms with Crippen LogP contribution in [0.4, 0.5) is 4.79 Å². The minimum absolute atomic E-state index is 0.00498. The number of Topliss-reactive ketones (excluding diaryl/α,β-unsaturated/α-hetero) is 1. The molecule has 0 unspecified atom stereocenters. The van der Waals surface area contributed by atoms with Gasteiger partial charge in [0.05, 0.1) is 13.2 Å². The van der Waals surface area contributed by atoms with E-state index in [1.807, 2.05) is 0 Å². The molecule has 2 amide bonds. The number of carbonyl (C=O) groups is 3. The molecule has 0 aromatic heterocycles. The monoisotopic (exact) mass is 302 g/mol. The number of ketones is 1. The van der Waals surface area contributed by atoms with Gasteiger partial charge < -0.3 is 24.9 Å². The Bertz CT molecular complexity index is 350. The van der Waals surface area contributed by atoms with E-state index in [0.717, 1.165) is 0 Å². The van der Waals surface area contributed by atoms with Crippen LogP contribution in [0.25, 0.3) is 0 Å².